The summed E-state index contributed by atoms with van der Waals surface area (Å²) < 4.78 is 0. The minimum atomic E-state index is -0.667. The van der Waals surface area contributed by atoms with Crippen LogP contribution < -0.4 is 9.80 Å². The van der Waals surface area contributed by atoms with Gasteiger partial charge in [0.25, 0.3) is 0 Å². The number of fused-ring (bicyclic) bond motifs is 13. The molecule has 0 amide bonds. The Kier molecular flexibility index (Phi) is 9.23. The highest BCUT2D eigenvalue weighted by Crippen LogP contribution is 2.65. The van der Waals surface area contributed by atoms with Gasteiger partial charge in [0.2, 0.25) is 0 Å². The molecule has 2 heterocycles. The molecule has 0 bridgehead atoms. The lowest BCUT2D eigenvalue weighted by atomic mass is 9.59. The lowest BCUT2D eigenvalue weighted by Crippen LogP contribution is -2.42. The van der Waals surface area contributed by atoms with Gasteiger partial charge in [-0.05, 0) is 138 Å². The number of benzene rings is 10. The highest BCUT2D eigenvalue weighted by atomic mass is 15.2. The maximum absolute atomic E-state index is 2.60. The maximum Gasteiger partial charge on any atom is 0.0783 e. The molecular formula is C69H52N2. The van der Waals surface area contributed by atoms with Crippen molar-refractivity contribution in [3.63, 3.8) is 0 Å². The second kappa shape index (κ2) is 15.8. The SMILES string of the molecule is CC1c2c(ccc3c2-c2ccccc2C3(C)C)C=CC1c1ccc2c(c1)C1(c3ccccc3N(c3ccc(-c4ccccc4)cc3)c3ccccc31)c1ccccc1N2c1ccc(-c2ccccc2)cc1. The highest BCUT2D eigenvalue weighted by molar-refractivity contribution is 5.97. The Morgan fingerprint density at radius 2 is 0.831 bits per heavy atom. The molecule has 0 radical (unpaired) electrons. The number of para-hydroxylation sites is 3. The Labute approximate surface area is 417 Å². The molecule has 10 aromatic rings. The molecule has 0 fully saturated rings. The zero-order chi connectivity index (χ0) is 47.4. The molecule has 0 saturated heterocycles. The molecule has 2 aliphatic heterocycles. The lowest BCUT2D eigenvalue weighted by Gasteiger charge is -2.51. The van der Waals surface area contributed by atoms with Gasteiger partial charge in [-0.25, -0.2) is 0 Å². The summed E-state index contributed by atoms with van der Waals surface area (Å²) >= 11 is 0. The fourth-order valence-electron chi connectivity index (χ4n) is 13.2. The van der Waals surface area contributed by atoms with Crippen LogP contribution in [-0.4, -0.2) is 0 Å². The van der Waals surface area contributed by atoms with Crippen molar-refractivity contribution in [2.45, 2.75) is 43.4 Å². The van der Waals surface area contributed by atoms with Crippen molar-refractivity contribution >= 4 is 40.2 Å². The predicted octanol–water partition coefficient (Wildman–Crippen LogP) is 18.2. The largest absolute Gasteiger partial charge is 0.310 e. The Hall–Kier alpha value is -8.46. The molecule has 71 heavy (non-hydrogen) atoms. The summed E-state index contributed by atoms with van der Waals surface area (Å²) in [5.41, 5.74) is 26.0. The van der Waals surface area contributed by atoms with E-state index in [2.05, 4.69) is 279 Å². The Morgan fingerprint density at radius 3 is 1.37 bits per heavy atom. The fraction of sp³-hybridized carbons (Fsp3) is 0.101. The van der Waals surface area contributed by atoms with Gasteiger partial charge in [0.15, 0.2) is 0 Å². The van der Waals surface area contributed by atoms with Crippen LogP contribution in [0, 0.1) is 0 Å². The number of rotatable bonds is 5. The van der Waals surface area contributed by atoms with E-state index >= 15 is 0 Å². The van der Waals surface area contributed by atoms with Crippen molar-refractivity contribution < 1.29 is 0 Å². The summed E-state index contributed by atoms with van der Waals surface area (Å²) in [4.78, 5) is 5.02. The summed E-state index contributed by atoms with van der Waals surface area (Å²) in [6, 6.07) is 88.6. The third-order valence-corrected chi connectivity index (χ3v) is 16.5. The lowest BCUT2D eigenvalue weighted by molar-refractivity contribution is 0.648. The second-order valence-electron chi connectivity index (χ2n) is 20.4. The van der Waals surface area contributed by atoms with E-state index in [0.29, 0.717) is 0 Å². The third kappa shape index (κ3) is 6.01. The van der Waals surface area contributed by atoms with Gasteiger partial charge in [0, 0.05) is 22.7 Å². The van der Waals surface area contributed by atoms with Gasteiger partial charge in [-0.2, -0.15) is 0 Å². The normalized spacial score (nSPS) is 17.1. The van der Waals surface area contributed by atoms with Crippen molar-refractivity contribution in [3.8, 4) is 33.4 Å². The topological polar surface area (TPSA) is 6.48 Å². The van der Waals surface area contributed by atoms with Gasteiger partial charge in [-0.15, -0.1) is 0 Å². The molecule has 2 aliphatic carbocycles. The second-order valence-corrected chi connectivity index (χ2v) is 20.4. The molecule has 338 valence electrons. The summed E-state index contributed by atoms with van der Waals surface area (Å²) in [5.74, 6) is 0.385. The molecular weight excluding hydrogens is 857 g/mol. The first-order valence-corrected chi connectivity index (χ1v) is 25.2. The number of hydrogen-bond donors (Lipinski definition) is 0. The van der Waals surface area contributed by atoms with Crippen LogP contribution >= 0.6 is 0 Å². The number of hydrogen-bond acceptors (Lipinski definition) is 2. The van der Waals surface area contributed by atoms with E-state index < -0.39 is 5.41 Å². The van der Waals surface area contributed by atoms with E-state index in [1.165, 1.54) is 106 Å². The predicted molar refractivity (Wildman–Crippen MR) is 296 cm³/mol. The van der Waals surface area contributed by atoms with Crippen molar-refractivity contribution in [2.75, 3.05) is 9.80 Å². The fourth-order valence-corrected chi connectivity index (χ4v) is 13.2. The van der Waals surface area contributed by atoms with Crippen molar-refractivity contribution in [2.24, 2.45) is 0 Å². The smallest absolute Gasteiger partial charge is 0.0783 e. The first kappa shape index (κ1) is 41.5. The van der Waals surface area contributed by atoms with Crippen LogP contribution in [0.5, 0.6) is 0 Å². The van der Waals surface area contributed by atoms with Crippen molar-refractivity contribution in [3.05, 3.63) is 293 Å². The molecule has 1 spiro atoms. The van der Waals surface area contributed by atoms with E-state index in [1.54, 1.807) is 0 Å². The molecule has 0 saturated carbocycles. The monoisotopic (exact) mass is 908 g/mol. The van der Waals surface area contributed by atoms with Gasteiger partial charge in [-0.1, -0.05) is 221 Å². The molecule has 4 aliphatic rings. The van der Waals surface area contributed by atoms with Gasteiger partial charge < -0.3 is 9.80 Å². The van der Waals surface area contributed by atoms with Gasteiger partial charge >= 0.3 is 0 Å². The summed E-state index contributed by atoms with van der Waals surface area (Å²) in [5, 5.41) is 0. The number of nitrogens with zero attached hydrogens (tertiary/aromatic N) is 2. The van der Waals surface area contributed by atoms with Crippen LogP contribution in [0.15, 0.2) is 243 Å². The van der Waals surface area contributed by atoms with E-state index in [9.17, 15) is 0 Å². The first-order chi connectivity index (χ1) is 34.9. The van der Waals surface area contributed by atoms with Crippen LogP contribution in [0.3, 0.4) is 0 Å². The third-order valence-electron chi connectivity index (χ3n) is 16.5. The van der Waals surface area contributed by atoms with Crippen LogP contribution in [0.2, 0.25) is 0 Å². The quantitative estimate of drug-likeness (QED) is 0.170. The molecule has 2 nitrogen and oxygen atoms in total. The van der Waals surface area contributed by atoms with Crippen molar-refractivity contribution in [1.29, 1.82) is 0 Å². The zero-order valence-electron chi connectivity index (χ0n) is 40.2. The average Bonchev–Trinajstić information content (AvgIpc) is 3.67. The molecule has 2 atom stereocenters. The van der Waals surface area contributed by atoms with E-state index in [1.807, 2.05) is 0 Å². The van der Waals surface area contributed by atoms with Crippen LogP contribution in [0.25, 0.3) is 39.5 Å². The zero-order valence-corrected chi connectivity index (χ0v) is 40.2. The molecule has 0 N–H and O–H groups in total. The average molecular weight is 909 g/mol. The first-order valence-electron chi connectivity index (χ1n) is 25.2. The summed E-state index contributed by atoms with van der Waals surface area (Å²) in [6.45, 7) is 7.26. The Bertz CT molecular complexity index is 3650. The van der Waals surface area contributed by atoms with E-state index in [0.717, 1.165) is 11.4 Å². The van der Waals surface area contributed by atoms with Gasteiger partial charge in [-0.3, -0.25) is 0 Å². The summed E-state index contributed by atoms with van der Waals surface area (Å²) in [6.07, 6.45) is 4.89. The molecule has 2 unspecified atom stereocenters. The minimum absolute atomic E-state index is 0.0642. The molecule has 14 rings (SSSR count). The molecule has 2 heteroatoms. The number of anilines is 6. The van der Waals surface area contributed by atoms with Crippen LogP contribution in [0.4, 0.5) is 34.1 Å². The van der Waals surface area contributed by atoms with Crippen LogP contribution in [-0.2, 0) is 10.8 Å². The van der Waals surface area contributed by atoms with Gasteiger partial charge in [0.05, 0.1) is 28.2 Å². The van der Waals surface area contributed by atoms with Gasteiger partial charge in [0.1, 0.15) is 0 Å². The van der Waals surface area contributed by atoms with Crippen LogP contribution in [0.1, 0.15) is 82.7 Å². The molecule has 0 aromatic heterocycles. The Morgan fingerprint density at radius 1 is 0.380 bits per heavy atom. The minimum Gasteiger partial charge on any atom is -0.310 e. The summed E-state index contributed by atoms with van der Waals surface area (Å²) in [7, 11) is 0. The van der Waals surface area contributed by atoms with E-state index in [-0.39, 0.29) is 17.3 Å². The highest BCUT2D eigenvalue weighted by Gasteiger charge is 2.52. The van der Waals surface area contributed by atoms with Crippen molar-refractivity contribution in [1.82, 2.24) is 0 Å². The maximum atomic E-state index is 2.60. The van der Waals surface area contributed by atoms with E-state index in [4.69, 9.17) is 0 Å². The standard InChI is InChI=1S/C69H52N2/c1-45-54(41-34-50-35-42-60-67(66(45)50)55-22-10-11-23-56(55)68(60,2)3)51-36-43-65-61(44-51)69(59-26-14-17-29-64(59)71(65)53-39-32-49(33-40-53)47-20-8-5-9-21-47)57-24-12-15-27-62(57)70(63-28-16-13-25-58(63)69)52-37-30-48(31-38-52)46-18-6-4-7-19-46/h4-45,54H,1-3H3. The number of allylic oxidation sites excluding steroid dienone is 1. The Balaban J connectivity index is 0.996. The molecule has 10 aromatic carbocycles.